The number of hydrogen-bond acceptors (Lipinski definition) is 3. The number of benzene rings is 1. The van der Waals surface area contributed by atoms with E-state index in [9.17, 15) is 4.39 Å². The number of halogens is 1. The number of likely N-dealkylation sites (N-methyl/N-ethyl adjacent to an activating group) is 1. The lowest BCUT2D eigenvalue weighted by molar-refractivity contribution is 0.270. The van der Waals surface area contributed by atoms with Gasteiger partial charge in [-0.1, -0.05) is 0 Å². The van der Waals surface area contributed by atoms with Crippen molar-refractivity contribution in [2.75, 3.05) is 18.6 Å². The highest BCUT2D eigenvalue weighted by Crippen LogP contribution is 2.21. The van der Waals surface area contributed by atoms with Crippen LogP contribution in [0.5, 0.6) is 0 Å². The van der Waals surface area contributed by atoms with Crippen LogP contribution in [0.15, 0.2) is 18.2 Å². The molecule has 0 aliphatic rings. The maximum atomic E-state index is 13.0. The summed E-state index contributed by atoms with van der Waals surface area (Å²) in [4.78, 5) is 1.89. The normalized spacial score (nSPS) is 12.6. The van der Waals surface area contributed by atoms with Gasteiger partial charge < -0.3 is 15.7 Å². The van der Waals surface area contributed by atoms with Gasteiger partial charge in [0.2, 0.25) is 0 Å². The average Bonchev–Trinajstić information content (AvgIpc) is 2.26. The number of aliphatic hydroxyl groups excluding tert-OH is 1. The molecule has 0 aliphatic heterocycles. The zero-order valence-corrected chi connectivity index (χ0v) is 9.07. The Morgan fingerprint density at radius 2 is 2.20 bits per heavy atom. The van der Waals surface area contributed by atoms with E-state index < -0.39 is 0 Å². The van der Waals surface area contributed by atoms with Gasteiger partial charge in [-0.3, -0.25) is 0 Å². The van der Waals surface area contributed by atoms with E-state index in [0.29, 0.717) is 0 Å². The van der Waals surface area contributed by atoms with Crippen molar-refractivity contribution in [3.63, 3.8) is 0 Å². The molecule has 1 unspecified atom stereocenters. The van der Waals surface area contributed by atoms with E-state index in [1.807, 2.05) is 18.9 Å². The van der Waals surface area contributed by atoms with Crippen molar-refractivity contribution in [1.29, 1.82) is 0 Å². The van der Waals surface area contributed by atoms with Gasteiger partial charge in [-0.05, 0) is 30.7 Å². The van der Waals surface area contributed by atoms with Gasteiger partial charge in [0.15, 0.2) is 0 Å². The molecule has 0 heterocycles. The zero-order chi connectivity index (χ0) is 11.4. The van der Waals surface area contributed by atoms with Crippen molar-refractivity contribution in [3.05, 3.63) is 29.6 Å². The Labute approximate surface area is 89.3 Å². The second-order valence-corrected chi connectivity index (χ2v) is 3.62. The van der Waals surface area contributed by atoms with Gasteiger partial charge in [0, 0.05) is 25.3 Å². The molecule has 1 aromatic carbocycles. The fourth-order valence-corrected chi connectivity index (χ4v) is 1.42. The number of hydrogen-bond donors (Lipinski definition) is 2. The molecule has 0 saturated carbocycles. The average molecular weight is 212 g/mol. The molecule has 3 nitrogen and oxygen atoms in total. The summed E-state index contributed by atoms with van der Waals surface area (Å²) in [6.07, 6.45) is 0. The second kappa shape index (κ2) is 5.09. The van der Waals surface area contributed by atoms with Crippen molar-refractivity contribution in [1.82, 2.24) is 0 Å². The summed E-state index contributed by atoms with van der Waals surface area (Å²) >= 11 is 0. The fourth-order valence-electron chi connectivity index (χ4n) is 1.42. The van der Waals surface area contributed by atoms with Crippen LogP contribution in [-0.4, -0.2) is 24.8 Å². The molecule has 0 spiro atoms. The van der Waals surface area contributed by atoms with E-state index in [-0.39, 0.29) is 25.0 Å². The Kier molecular flexibility index (Phi) is 4.05. The highest BCUT2D eigenvalue weighted by Gasteiger charge is 2.12. The van der Waals surface area contributed by atoms with Gasteiger partial charge in [0.25, 0.3) is 0 Å². The molecule has 0 radical (unpaired) electrons. The minimum Gasteiger partial charge on any atom is -0.394 e. The van der Waals surface area contributed by atoms with Crippen LogP contribution < -0.4 is 10.6 Å². The third kappa shape index (κ3) is 2.67. The van der Waals surface area contributed by atoms with Crippen molar-refractivity contribution < 1.29 is 9.50 Å². The summed E-state index contributed by atoms with van der Waals surface area (Å²) in [6.45, 7) is 2.23. The number of aliphatic hydroxyl groups is 1. The molecule has 1 rings (SSSR count). The molecule has 84 valence electrons. The summed E-state index contributed by atoms with van der Waals surface area (Å²) in [5, 5.41) is 9.04. The molecular formula is C11H17FN2O. The molecule has 0 saturated heterocycles. The van der Waals surface area contributed by atoms with E-state index in [1.54, 1.807) is 6.07 Å². The first kappa shape index (κ1) is 11.9. The Morgan fingerprint density at radius 1 is 1.53 bits per heavy atom. The fraction of sp³-hybridized carbons (Fsp3) is 0.455. The van der Waals surface area contributed by atoms with Crippen molar-refractivity contribution >= 4 is 5.69 Å². The van der Waals surface area contributed by atoms with Gasteiger partial charge in [-0.25, -0.2) is 4.39 Å². The van der Waals surface area contributed by atoms with Crippen LogP contribution in [0.4, 0.5) is 10.1 Å². The van der Waals surface area contributed by atoms with Crippen LogP contribution in [-0.2, 0) is 6.54 Å². The Hall–Kier alpha value is -1.13. The first-order chi connectivity index (χ1) is 7.10. The molecule has 1 aromatic rings. The quantitative estimate of drug-likeness (QED) is 0.785. The van der Waals surface area contributed by atoms with Gasteiger partial charge in [-0.2, -0.15) is 0 Å². The van der Waals surface area contributed by atoms with Crippen molar-refractivity contribution in [2.45, 2.75) is 19.5 Å². The largest absolute Gasteiger partial charge is 0.394 e. The van der Waals surface area contributed by atoms with Crippen molar-refractivity contribution in [3.8, 4) is 0 Å². The first-order valence-electron chi connectivity index (χ1n) is 4.92. The van der Waals surface area contributed by atoms with E-state index in [4.69, 9.17) is 10.8 Å². The van der Waals surface area contributed by atoms with Crippen molar-refractivity contribution in [2.24, 2.45) is 5.73 Å². The summed E-state index contributed by atoms with van der Waals surface area (Å²) < 4.78 is 13.0. The monoisotopic (exact) mass is 212 g/mol. The topological polar surface area (TPSA) is 49.5 Å². The van der Waals surface area contributed by atoms with Gasteiger partial charge in [-0.15, -0.1) is 0 Å². The minimum atomic E-state index is -0.288. The highest BCUT2D eigenvalue weighted by atomic mass is 19.1. The van der Waals surface area contributed by atoms with Crippen LogP contribution in [0.1, 0.15) is 12.5 Å². The molecule has 3 N–H and O–H groups in total. The molecule has 15 heavy (non-hydrogen) atoms. The molecular weight excluding hydrogens is 195 g/mol. The first-order valence-corrected chi connectivity index (χ1v) is 4.92. The number of nitrogens with zero attached hydrogens (tertiary/aromatic N) is 1. The number of nitrogens with two attached hydrogens (primary N) is 1. The molecule has 0 fully saturated rings. The van der Waals surface area contributed by atoms with Gasteiger partial charge >= 0.3 is 0 Å². The summed E-state index contributed by atoms with van der Waals surface area (Å²) in [7, 11) is 1.85. The Morgan fingerprint density at radius 3 is 2.73 bits per heavy atom. The molecule has 1 atom stereocenters. The second-order valence-electron chi connectivity index (χ2n) is 3.62. The maximum Gasteiger partial charge on any atom is 0.123 e. The third-order valence-corrected chi connectivity index (χ3v) is 2.57. The number of anilines is 1. The predicted molar refractivity (Wildman–Crippen MR) is 59.2 cm³/mol. The predicted octanol–water partition coefficient (Wildman–Crippen LogP) is 1.10. The summed E-state index contributed by atoms with van der Waals surface area (Å²) in [5.41, 5.74) is 7.15. The highest BCUT2D eigenvalue weighted by molar-refractivity contribution is 5.53. The smallest absolute Gasteiger partial charge is 0.123 e. The van der Waals surface area contributed by atoms with Gasteiger partial charge in [0.1, 0.15) is 5.82 Å². The van der Waals surface area contributed by atoms with E-state index in [1.165, 1.54) is 12.1 Å². The van der Waals surface area contributed by atoms with E-state index in [2.05, 4.69) is 0 Å². The third-order valence-electron chi connectivity index (χ3n) is 2.57. The van der Waals surface area contributed by atoms with E-state index in [0.717, 1.165) is 11.3 Å². The van der Waals surface area contributed by atoms with Crippen LogP contribution in [0.3, 0.4) is 0 Å². The zero-order valence-electron chi connectivity index (χ0n) is 9.07. The summed E-state index contributed by atoms with van der Waals surface area (Å²) in [6, 6.07) is 4.50. The van der Waals surface area contributed by atoms with Crippen LogP contribution >= 0.6 is 0 Å². The molecule has 0 aromatic heterocycles. The van der Waals surface area contributed by atoms with E-state index >= 15 is 0 Å². The van der Waals surface area contributed by atoms with Crippen LogP contribution in [0.2, 0.25) is 0 Å². The Balaban J connectivity index is 3.02. The maximum absolute atomic E-state index is 13.0. The molecule has 4 heteroatoms. The van der Waals surface area contributed by atoms with Crippen LogP contribution in [0, 0.1) is 5.82 Å². The molecule has 0 amide bonds. The van der Waals surface area contributed by atoms with Crippen LogP contribution in [0.25, 0.3) is 0 Å². The standard InChI is InChI=1S/C11H17FN2O/c1-8(7-15)14(2)11-4-3-10(12)5-9(11)6-13/h3-5,8,15H,6-7,13H2,1-2H3. The minimum absolute atomic E-state index is 0.0132. The Bertz CT molecular complexity index is 330. The lowest BCUT2D eigenvalue weighted by Crippen LogP contribution is -2.32. The van der Waals surface area contributed by atoms with Gasteiger partial charge in [0.05, 0.1) is 6.61 Å². The summed E-state index contributed by atoms with van der Waals surface area (Å²) in [5.74, 6) is -0.288. The lowest BCUT2D eigenvalue weighted by Gasteiger charge is -2.27. The molecule has 0 bridgehead atoms. The SMILES string of the molecule is CC(CO)N(C)c1ccc(F)cc1CN. The lowest BCUT2D eigenvalue weighted by atomic mass is 10.1. The molecule has 0 aliphatic carbocycles. The number of rotatable bonds is 4.